The van der Waals surface area contributed by atoms with Gasteiger partial charge in [-0.3, -0.25) is 0 Å². The fraction of sp³-hybridized carbons (Fsp3) is 0.385. The Balaban J connectivity index is 2.05. The average molecular weight is 205 g/mol. The lowest BCUT2D eigenvalue weighted by molar-refractivity contribution is 0.153. The zero-order valence-corrected chi connectivity index (χ0v) is 9.11. The summed E-state index contributed by atoms with van der Waals surface area (Å²) in [4.78, 5) is 0. The van der Waals surface area contributed by atoms with Crippen LogP contribution in [0, 0.1) is 0 Å². The smallest absolute Gasteiger partial charge is 0.0686 e. The van der Waals surface area contributed by atoms with Crippen molar-refractivity contribution in [3.8, 4) is 0 Å². The molecule has 0 aromatic heterocycles. The number of hydrogen-bond donors (Lipinski definition) is 1. The standard InChI is InChI=1S/C13H19NO/c1-12(10-14)11-15-9-5-8-13-6-3-2-4-7-13/h2-4,6-7H,1,5,8-11,14H2. The lowest BCUT2D eigenvalue weighted by atomic mass is 10.1. The van der Waals surface area contributed by atoms with Crippen molar-refractivity contribution in [2.24, 2.45) is 5.73 Å². The van der Waals surface area contributed by atoms with E-state index in [9.17, 15) is 0 Å². The normalized spacial score (nSPS) is 10.2. The molecule has 0 atom stereocenters. The number of aryl methyl sites for hydroxylation is 1. The van der Waals surface area contributed by atoms with Crippen LogP contribution < -0.4 is 5.73 Å². The molecule has 0 unspecified atom stereocenters. The second kappa shape index (κ2) is 7.21. The highest BCUT2D eigenvalue weighted by molar-refractivity contribution is 5.14. The van der Waals surface area contributed by atoms with Gasteiger partial charge < -0.3 is 10.5 Å². The first kappa shape index (κ1) is 12.0. The Bertz CT molecular complexity index is 282. The van der Waals surface area contributed by atoms with E-state index in [0.717, 1.165) is 25.0 Å². The summed E-state index contributed by atoms with van der Waals surface area (Å²) in [5.74, 6) is 0. The molecule has 15 heavy (non-hydrogen) atoms. The Morgan fingerprint density at radius 2 is 2.00 bits per heavy atom. The molecule has 2 N–H and O–H groups in total. The minimum absolute atomic E-state index is 0.513. The zero-order valence-electron chi connectivity index (χ0n) is 9.11. The van der Waals surface area contributed by atoms with Gasteiger partial charge in [-0.1, -0.05) is 36.9 Å². The van der Waals surface area contributed by atoms with E-state index in [1.165, 1.54) is 5.56 Å². The Kier molecular flexibility index (Phi) is 5.74. The van der Waals surface area contributed by atoms with Crippen LogP contribution in [0.15, 0.2) is 42.5 Å². The van der Waals surface area contributed by atoms with Gasteiger partial charge in [-0.05, 0) is 24.0 Å². The summed E-state index contributed by atoms with van der Waals surface area (Å²) in [6, 6.07) is 10.4. The molecule has 0 amide bonds. The van der Waals surface area contributed by atoms with Crippen LogP contribution in [0.5, 0.6) is 0 Å². The number of hydrogen-bond acceptors (Lipinski definition) is 2. The van der Waals surface area contributed by atoms with Crippen molar-refractivity contribution in [3.05, 3.63) is 48.0 Å². The quantitative estimate of drug-likeness (QED) is 0.547. The van der Waals surface area contributed by atoms with Crippen molar-refractivity contribution >= 4 is 0 Å². The average Bonchev–Trinajstić information content (AvgIpc) is 2.29. The molecule has 0 bridgehead atoms. The highest BCUT2D eigenvalue weighted by Crippen LogP contribution is 2.02. The van der Waals surface area contributed by atoms with Gasteiger partial charge in [0.2, 0.25) is 0 Å². The molecule has 0 fully saturated rings. The Morgan fingerprint density at radius 1 is 1.27 bits per heavy atom. The van der Waals surface area contributed by atoms with Crippen LogP contribution in [0.2, 0.25) is 0 Å². The van der Waals surface area contributed by atoms with Crippen molar-refractivity contribution in [3.63, 3.8) is 0 Å². The van der Waals surface area contributed by atoms with Crippen molar-refractivity contribution < 1.29 is 4.74 Å². The highest BCUT2D eigenvalue weighted by Gasteiger charge is 1.94. The van der Waals surface area contributed by atoms with E-state index in [-0.39, 0.29) is 0 Å². The van der Waals surface area contributed by atoms with Crippen LogP contribution in [-0.4, -0.2) is 19.8 Å². The second-order valence-corrected chi connectivity index (χ2v) is 3.60. The molecule has 0 aliphatic heterocycles. The molecule has 82 valence electrons. The van der Waals surface area contributed by atoms with Gasteiger partial charge >= 0.3 is 0 Å². The Morgan fingerprint density at radius 3 is 2.67 bits per heavy atom. The number of nitrogens with two attached hydrogens (primary N) is 1. The third-order valence-electron chi connectivity index (χ3n) is 2.19. The Hall–Kier alpha value is -1.12. The molecule has 0 aliphatic rings. The summed E-state index contributed by atoms with van der Waals surface area (Å²) in [5, 5.41) is 0. The maximum Gasteiger partial charge on any atom is 0.0686 e. The first-order valence-corrected chi connectivity index (χ1v) is 5.31. The molecule has 2 nitrogen and oxygen atoms in total. The van der Waals surface area contributed by atoms with Crippen molar-refractivity contribution in [1.29, 1.82) is 0 Å². The lowest BCUT2D eigenvalue weighted by Crippen LogP contribution is -2.08. The molecule has 0 radical (unpaired) electrons. The minimum atomic E-state index is 0.513. The molecular weight excluding hydrogens is 186 g/mol. The third-order valence-corrected chi connectivity index (χ3v) is 2.19. The molecule has 0 saturated carbocycles. The van der Waals surface area contributed by atoms with Crippen molar-refractivity contribution in [1.82, 2.24) is 0 Å². The van der Waals surface area contributed by atoms with E-state index in [0.29, 0.717) is 13.2 Å². The molecule has 0 spiro atoms. The fourth-order valence-corrected chi connectivity index (χ4v) is 1.30. The molecule has 1 aromatic carbocycles. The van der Waals surface area contributed by atoms with Crippen molar-refractivity contribution in [2.45, 2.75) is 12.8 Å². The number of benzene rings is 1. The summed E-state index contributed by atoms with van der Waals surface area (Å²) in [5.41, 5.74) is 7.71. The van der Waals surface area contributed by atoms with E-state index >= 15 is 0 Å². The fourth-order valence-electron chi connectivity index (χ4n) is 1.30. The van der Waals surface area contributed by atoms with Crippen LogP contribution in [0.3, 0.4) is 0 Å². The van der Waals surface area contributed by atoms with Crippen LogP contribution in [0.1, 0.15) is 12.0 Å². The van der Waals surface area contributed by atoms with Gasteiger partial charge in [0.05, 0.1) is 6.61 Å². The molecular formula is C13H19NO. The van der Waals surface area contributed by atoms with Crippen LogP contribution in [-0.2, 0) is 11.2 Å². The SMILES string of the molecule is C=C(CN)COCCCc1ccccc1. The summed E-state index contributed by atoms with van der Waals surface area (Å²) >= 11 is 0. The molecule has 2 heteroatoms. The van der Waals surface area contributed by atoms with E-state index in [2.05, 4.69) is 30.8 Å². The van der Waals surface area contributed by atoms with E-state index in [1.54, 1.807) is 0 Å². The van der Waals surface area contributed by atoms with E-state index in [1.807, 2.05) is 6.07 Å². The Labute approximate surface area is 91.7 Å². The summed E-state index contributed by atoms with van der Waals surface area (Å²) in [7, 11) is 0. The van der Waals surface area contributed by atoms with E-state index < -0.39 is 0 Å². The lowest BCUT2D eigenvalue weighted by Gasteiger charge is -2.05. The van der Waals surface area contributed by atoms with Gasteiger partial charge in [-0.25, -0.2) is 0 Å². The first-order valence-electron chi connectivity index (χ1n) is 5.31. The maximum absolute atomic E-state index is 5.43. The predicted molar refractivity (Wildman–Crippen MR) is 63.8 cm³/mol. The van der Waals surface area contributed by atoms with Gasteiger partial charge in [0.25, 0.3) is 0 Å². The van der Waals surface area contributed by atoms with Crippen LogP contribution in [0.4, 0.5) is 0 Å². The maximum atomic E-state index is 5.43. The van der Waals surface area contributed by atoms with Crippen LogP contribution >= 0.6 is 0 Å². The molecule has 0 saturated heterocycles. The van der Waals surface area contributed by atoms with Gasteiger partial charge in [-0.15, -0.1) is 0 Å². The molecule has 1 rings (SSSR count). The number of ether oxygens (including phenoxy) is 1. The largest absolute Gasteiger partial charge is 0.377 e. The number of rotatable bonds is 7. The van der Waals surface area contributed by atoms with Gasteiger partial charge in [-0.2, -0.15) is 0 Å². The molecule has 1 aromatic rings. The molecule has 0 aliphatic carbocycles. The summed E-state index contributed by atoms with van der Waals surface area (Å²) < 4.78 is 5.43. The third kappa shape index (κ3) is 5.35. The monoisotopic (exact) mass is 205 g/mol. The topological polar surface area (TPSA) is 35.2 Å². The van der Waals surface area contributed by atoms with Gasteiger partial charge in [0.1, 0.15) is 0 Å². The van der Waals surface area contributed by atoms with Crippen LogP contribution in [0.25, 0.3) is 0 Å². The summed E-state index contributed by atoms with van der Waals surface area (Å²) in [6.45, 7) is 5.65. The zero-order chi connectivity index (χ0) is 10.9. The van der Waals surface area contributed by atoms with Crippen molar-refractivity contribution in [2.75, 3.05) is 19.8 Å². The summed E-state index contributed by atoms with van der Waals surface area (Å²) in [6.07, 6.45) is 2.11. The van der Waals surface area contributed by atoms with E-state index in [4.69, 9.17) is 10.5 Å². The highest BCUT2D eigenvalue weighted by atomic mass is 16.5. The minimum Gasteiger partial charge on any atom is -0.377 e. The van der Waals surface area contributed by atoms with Gasteiger partial charge in [0.15, 0.2) is 0 Å². The second-order valence-electron chi connectivity index (χ2n) is 3.60. The molecule has 0 heterocycles. The first-order chi connectivity index (χ1) is 7.33. The van der Waals surface area contributed by atoms with Gasteiger partial charge in [0, 0.05) is 13.2 Å². The predicted octanol–water partition coefficient (Wildman–Crippen LogP) is 2.15.